The Morgan fingerprint density at radius 2 is 2.00 bits per heavy atom. The number of amides is 2. The zero-order chi connectivity index (χ0) is 14.3. The SMILES string of the molecule is CN(CCC1CCCCN1C)C(=O)CNC(=O)CN.Cl.Cl. The van der Waals surface area contributed by atoms with E-state index in [1.54, 1.807) is 11.9 Å². The highest BCUT2D eigenvalue weighted by atomic mass is 35.5. The molecule has 0 aromatic carbocycles. The first-order chi connectivity index (χ1) is 9.04. The molecule has 0 aliphatic carbocycles. The van der Waals surface area contributed by atoms with Gasteiger partial charge in [0.05, 0.1) is 13.1 Å². The molecule has 0 aromatic rings. The molecule has 1 heterocycles. The van der Waals surface area contributed by atoms with Crippen LogP contribution in [0.3, 0.4) is 0 Å². The Bertz CT molecular complexity index is 319. The molecular weight excluding hydrogens is 315 g/mol. The van der Waals surface area contributed by atoms with Gasteiger partial charge in [-0.1, -0.05) is 6.42 Å². The molecule has 21 heavy (non-hydrogen) atoms. The molecule has 1 unspecified atom stereocenters. The lowest BCUT2D eigenvalue weighted by molar-refractivity contribution is -0.131. The molecule has 1 rings (SSSR count). The van der Waals surface area contributed by atoms with Crippen LogP contribution in [0.1, 0.15) is 25.7 Å². The molecule has 1 aliphatic heterocycles. The number of hydrogen-bond donors (Lipinski definition) is 2. The van der Waals surface area contributed by atoms with Crippen molar-refractivity contribution in [2.45, 2.75) is 31.7 Å². The van der Waals surface area contributed by atoms with E-state index in [0.29, 0.717) is 6.04 Å². The van der Waals surface area contributed by atoms with E-state index < -0.39 is 0 Å². The standard InChI is InChI=1S/C13H26N4O2.2ClH/c1-16-7-4-3-5-11(16)6-8-17(2)13(19)10-15-12(18)9-14;;/h11H,3-10,14H2,1-2H3,(H,15,18);2*1H. The van der Waals surface area contributed by atoms with Crippen molar-refractivity contribution in [3.63, 3.8) is 0 Å². The van der Waals surface area contributed by atoms with Crippen molar-refractivity contribution in [2.24, 2.45) is 5.73 Å². The molecule has 0 radical (unpaired) electrons. The number of halogens is 2. The summed E-state index contributed by atoms with van der Waals surface area (Å²) in [5, 5.41) is 2.49. The van der Waals surface area contributed by atoms with Gasteiger partial charge in [0, 0.05) is 19.6 Å². The number of rotatable bonds is 6. The van der Waals surface area contributed by atoms with Crippen LogP contribution in [0, 0.1) is 0 Å². The molecule has 8 heteroatoms. The van der Waals surface area contributed by atoms with Crippen LogP contribution in [0.4, 0.5) is 0 Å². The second-order valence-electron chi connectivity index (χ2n) is 5.22. The predicted octanol–water partition coefficient (Wildman–Crippen LogP) is 0.238. The molecule has 0 spiro atoms. The fourth-order valence-corrected chi connectivity index (χ4v) is 2.36. The second-order valence-corrected chi connectivity index (χ2v) is 5.22. The Kier molecular flexibility index (Phi) is 13.0. The number of likely N-dealkylation sites (N-methyl/N-ethyl adjacent to an activating group) is 1. The molecule has 3 N–H and O–H groups in total. The van der Waals surface area contributed by atoms with Gasteiger partial charge >= 0.3 is 0 Å². The maximum Gasteiger partial charge on any atom is 0.241 e. The van der Waals surface area contributed by atoms with Crippen LogP contribution in [-0.4, -0.2) is 67.9 Å². The van der Waals surface area contributed by atoms with Gasteiger partial charge in [0.25, 0.3) is 0 Å². The normalized spacial score (nSPS) is 18.1. The number of nitrogens with two attached hydrogens (primary N) is 1. The summed E-state index contributed by atoms with van der Waals surface area (Å²) in [6.07, 6.45) is 4.75. The largest absolute Gasteiger partial charge is 0.346 e. The number of likely N-dealkylation sites (tertiary alicyclic amines) is 1. The molecular formula is C13H28Cl2N4O2. The van der Waals surface area contributed by atoms with Crippen LogP contribution in [-0.2, 0) is 9.59 Å². The highest BCUT2D eigenvalue weighted by Crippen LogP contribution is 2.17. The van der Waals surface area contributed by atoms with Gasteiger partial charge in [0.1, 0.15) is 0 Å². The van der Waals surface area contributed by atoms with Gasteiger partial charge in [-0.15, -0.1) is 24.8 Å². The molecule has 1 aliphatic rings. The minimum Gasteiger partial charge on any atom is -0.346 e. The van der Waals surface area contributed by atoms with Crippen molar-refractivity contribution in [1.82, 2.24) is 15.1 Å². The molecule has 0 saturated carbocycles. The Balaban J connectivity index is 0. The van der Waals surface area contributed by atoms with Crippen LogP contribution in [0.2, 0.25) is 0 Å². The summed E-state index contributed by atoms with van der Waals surface area (Å²) in [6.45, 7) is 1.83. The van der Waals surface area contributed by atoms with Gasteiger partial charge in [-0.25, -0.2) is 0 Å². The van der Waals surface area contributed by atoms with E-state index in [1.165, 1.54) is 19.3 Å². The first kappa shape index (κ1) is 22.7. The van der Waals surface area contributed by atoms with E-state index in [4.69, 9.17) is 5.73 Å². The minimum absolute atomic E-state index is 0. The summed E-state index contributed by atoms with van der Waals surface area (Å²) >= 11 is 0. The fraction of sp³-hybridized carbons (Fsp3) is 0.846. The zero-order valence-corrected chi connectivity index (χ0v) is 14.5. The van der Waals surface area contributed by atoms with Crippen molar-refractivity contribution in [3.05, 3.63) is 0 Å². The summed E-state index contributed by atoms with van der Waals surface area (Å²) in [4.78, 5) is 26.8. The highest BCUT2D eigenvalue weighted by molar-refractivity contribution is 5.86. The molecule has 2 amide bonds. The van der Waals surface area contributed by atoms with Gasteiger partial charge in [-0.2, -0.15) is 0 Å². The monoisotopic (exact) mass is 342 g/mol. The van der Waals surface area contributed by atoms with Crippen molar-refractivity contribution in [1.29, 1.82) is 0 Å². The van der Waals surface area contributed by atoms with Gasteiger partial charge in [-0.3, -0.25) is 9.59 Å². The average molecular weight is 343 g/mol. The lowest BCUT2D eigenvalue weighted by Crippen LogP contribution is -2.43. The van der Waals surface area contributed by atoms with Gasteiger partial charge in [-0.05, 0) is 32.9 Å². The van der Waals surface area contributed by atoms with Crippen LogP contribution >= 0.6 is 24.8 Å². The van der Waals surface area contributed by atoms with Crippen LogP contribution in [0.15, 0.2) is 0 Å². The quantitative estimate of drug-likeness (QED) is 0.724. The number of piperidine rings is 1. The molecule has 1 atom stereocenters. The van der Waals surface area contributed by atoms with Gasteiger partial charge in [0.2, 0.25) is 11.8 Å². The van der Waals surface area contributed by atoms with Crippen molar-refractivity contribution < 1.29 is 9.59 Å². The number of hydrogen-bond acceptors (Lipinski definition) is 4. The first-order valence-electron chi connectivity index (χ1n) is 6.95. The predicted molar refractivity (Wildman–Crippen MR) is 89.1 cm³/mol. The molecule has 0 aromatic heterocycles. The summed E-state index contributed by atoms with van der Waals surface area (Å²) in [6, 6.07) is 0.572. The van der Waals surface area contributed by atoms with Crippen LogP contribution < -0.4 is 11.1 Å². The Morgan fingerprint density at radius 1 is 1.33 bits per heavy atom. The first-order valence-corrected chi connectivity index (χ1v) is 6.95. The summed E-state index contributed by atoms with van der Waals surface area (Å²) in [5.41, 5.74) is 5.16. The second kappa shape index (κ2) is 12.0. The molecule has 6 nitrogen and oxygen atoms in total. The third-order valence-corrected chi connectivity index (χ3v) is 3.77. The maximum atomic E-state index is 11.8. The van der Waals surface area contributed by atoms with Crippen molar-refractivity contribution in [3.8, 4) is 0 Å². The van der Waals surface area contributed by atoms with Crippen molar-refractivity contribution >= 4 is 36.6 Å². The average Bonchev–Trinajstić information content (AvgIpc) is 2.43. The van der Waals surface area contributed by atoms with E-state index in [9.17, 15) is 9.59 Å². The summed E-state index contributed by atoms with van der Waals surface area (Å²) < 4.78 is 0. The number of carbonyl (C=O) groups is 2. The van der Waals surface area contributed by atoms with Gasteiger partial charge < -0.3 is 20.9 Å². The topological polar surface area (TPSA) is 78.7 Å². The lowest BCUT2D eigenvalue weighted by atomic mass is 10.00. The van der Waals surface area contributed by atoms with E-state index >= 15 is 0 Å². The molecule has 1 saturated heterocycles. The Labute approximate surface area is 139 Å². The third-order valence-electron chi connectivity index (χ3n) is 3.77. The summed E-state index contributed by atoms with van der Waals surface area (Å²) in [7, 11) is 3.92. The number of nitrogens with one attached hydrogen (secondary N) is 1. The fourth-order valence-electron chi connectivity index (χ4n) is 2.36. The minimum atomic E-state index is -0.297. The van der Waals surface area contributed by atoms with Crippen LogP contribution in [0.25, 0.3) is 0 Å². The van der Waals surface area contributed by atoms with E-state index in [-0.39, 0.29) is 49.7 Å². The third kappa shape index (κ3) is 8.46. The lowest BCUT2D eigenvalue weighted by Gasteiger charge is -2.33. The van der Waals surface area contributed by atoms with E-state index in [1.807, 2.05) is 0 Å². The number of nitrogens with zero attached hydrogens (tertiary/aromatic N) is 2. The Hall–Kier alpha value is -0.560. The Morgan fingerprint density at radius 3 is 2.57 bits per heavy atom. The smallest absolute Gasteiger partial charge is 0.241 e. The highest BCUT2D eigenvalue weighted by Gasteiger charge is 2.20. The van der Waals surface area contributed by atoms with Crippen molar-refractivity contribution in [2.75, 3.05) is 40.3 Å². The molecule has 0 bridgehead atoms. The van der Waals surface area contributed by atoms with E-state index in [0.717, 1.165) is 19.5 Å². The maximum absolute atomic E-state index is 11.8. The molecule has 1 fully saturated rings. The molecule has 126 valence electrons. The summed E-state index contributed by atoms with van der Waals surface area (Å²) in [5.74, 6) is -0.367. The van der Waals surface area contributed by atoms with Gasteiger partial charge in [0.15, 0.2) is 0 Å². The van der Waals surface area contributed by atoms with E-state index in [2.05, 4.69) is 17.3 Å². The number of carbonyl (C=O) groups excluding carboxylic acids is 2. The van der Waals surface area contributed by atoms with Crippen LogP contribution in [0.5, 0.6) is 0 Å². The zero-order valence-electron chi connectivity index (χ0n) is 12.8.